The number of rotatable bonds is 4. The predicted octanol–water partition coefficient (Wildman–Crippen LogP) is 1.06. The standard InChI is InChI=1S/C15H30N4O2S2/c1-12(2)14-11-18(8-9-22-14)15(16-3)17-10-13-6-5-7-19(13)23(4,20)21/h12-14H,5-11H2,1-4H3,(H,16,17)/t13-,14?/m1/s1. The van der Waals surface area contributed by atoms with Gasteiger partial charge in [-0.25, -0.2) is 8.42 Å². The molecule has 1 N–H and O–H groups in total. The summed E-state index contributed by atoms with van der Waals surface area (Å²) in [5.74, 6) is 2.66. The average Bonchev–Trinajstić information content (AvgIpc) is 2.97. The summed E-state index contributed by atoms with van der Waals surface area (Å²) < 4.78 is 25.3. The third-order valence-electron chi connectivity index (χ3n) is 4.59. The summed E-state index contributed by atoms with van der Waals surface area (Å²) in [7, 11) is -1.31. The summed E-state index contributed by atoms with van der Waals surface area (Å²) in [6, 6.07) is 0.0433. The molecule has 0 bridgehead atoms. The topological polar surface area (TPSA) is 65.0 Å². The zero-order valence-corrected chi connectivity index (χ0v) is 16.3. The Morgan fingerprint density at radius 2 is 2.13 bits per heavy atom. The van der Waals surface area contributed by atoms with Crippen LogP contribution >= 0.6 is 11.8 Å². The number of hydrogen-bond donors (Lipinski definition) is 1. The van der Waals surface area contributed by atoms with Crippen LogP contribution in [0.15, 0.2) is 4.99 Å². The molecule has 0 spiro atoms. The lowest BCUT2D eigenvalue weighted by molar-refractivity contribution is 0.361. The first-order chi connectivity index (χ1) is 10.8. The lowest BCUT2D eigenvalue weighted by Crippen LogP contribution is -2.51. The van der Waals surface area contributed by atoms with Gasteiger partial charge in [0.15, 0.2) is 5.96 Å². The van der Waals surface area contributed by atoms with Crippen molar-refractivity contribution in [2.45, 2.75) is 38.0 Å². The molecule has 0 aliphatic carbocycles. The van der Waals surface area contributed by atoms with Gasteiger partial charge in [-0.3, -0.25) is 4.99 Å². The van der Waals surface area contributed by atoms with Crippen LogP contribution in [0.2, 0.25) is 0 Å². The molecule has 0 radical (unpaired) electrons. The van der Waals surface area contributed by atoms with Crippen molar-refractivity contribution >= 4 is 27.7 Å². The fourth-order valence-electron chi connectivity index (χ4n) is 3.26. The summed E-state index contributed by atoms with van der Waals surface area (Å²) in [5.41, 5.74) is 0. The molecule has 2 aliphatic heterocycles. The van der Waals surface area contributed by atoms with Crippen LogP contribution < -0.4 is 5.32 Å². The number of nitrogens with one attached hydrogen (secondary N) is 1. The van der Waals surface area contributed by atoms with E-state index in [0.29, 0.717) is 24.3 Å². The number of guanidine groups is 1. The zero-order valence-electron chi connectivity index (χ0n) is 14.7. The van der Waals surface area contributed by atoms with Crippen molar-refractivity contribution in [3.63, 3.8) is 0 Å². The quantitative estimate of drug-likeness (QED) is 0.598. The molecule has 2 saturated heterocycles. The van der Waals surface area contributed by atoms with E-state index in [2.05, 4.69) is 29.1 Å². The first-order valence-corrected chi connectivity index (χ1v) is 11.3. The molecular weight excluding hydrogens is 332 g/mol. The Labute approximate surface area is 145 Å². The minimum absolute atomic E-state index is 0.0433. The van der Waals surface area contributed by atoms with E-state index < -0.39 is 10.0 Å². The molecule has 134 valence electrons. The first kappa shape index (κ1) is 18.9. The highest BCUT2D eigenvalue weighted by Gasteiger charge is 2.32. The van der Waals surface area contributed by atoms with Crippen LogP contribution in [0, 0.1) is 5.92 Å². The Balaban J connectivity index is 1.93. The van der Waals surface area contributed by atoms with Crippen molar-refractivity contribution in [2.75, 3.05) is 45.2 Å². The summed E-state index contributed by atoms with van der Waals surface area (Å²) in [4.78, 5) is 6.71. The molecule has 0 aromatic heterocycles. The third kappa shape index (κ3) is 5.00. The van der Waals surface area contributed by atoms with Gasteiger partial charge in [-0.1, -0.05) is 13.8 Å². The second-order valence-electron chi connectivity index (χ2n) is 6.70. The van der Waals surface area contributed by atoms with Gasteiger partial charge in [0.25, 0.3) is 0 Å². The zero-order chi connectivity index (χ0) is 17.0. The molecule has 0 aromatic rings. The Kier molecular flexibility index (Phi) is 6.62. The summed E-state index contributed by atoms with van der Waals surface area (Å²) in [5, 5.41) is 4.03. The lowest BCUT2D eigenvalue weighted by Gasteiger charge is -2.36. The van der Waals surface area contributed by atoms with Crippen LogP contribution in [0.1, 0.15) is 26.7 Å². The largest absolute Gasteiger partial charge is 0.355 e. The van der Waals surface area contributed by atoms with Gasteiger partial charge < -0.3 is 10.2 Å². The number of sulfonamides is 1. The van der Waals surface area contributed by atoms with Gasteiger partial charge in [0, 0.05) is 50.3 Å². The molecule has 2 rings (SSSR count). The highest BCUT2D eigenvalue weighted by atomic mass is 32.2. The molecule has 6 nitrogen and oxygen atoms in total. The molecule has 0 saturated carbocycles. The van der Waals surface area contributed by atoms with Crippen molar-refractivity contribution in [1.82, 2.24) is 14.5 Å². The van der Waals surface area contributed by atoms with Crippen molar-refractivity contribution < 1.29 is 8.42 Å². The second kappa shape index (κ2) is 8.07. The molecule has 1 unspecified atom stereocenters. The van der Waals surface area contributed by atoms with E-state index >= 15 is 0 Å². The molecule has 0 amide bonds. The van der Waals surface area contributed by atoms with Crippen LogP contribution in [-0.2, 0) is 10.0 Å². The fraction of sp³-hybridized carbons (Fsp3) is 0.933. The van der Waals surface area contributed by atoms with Gasteiger partial charge in [0.2, 0.25) is 10.0 Å². The molecule has 2 fully saturated rings. The van der Waals surface area contributed by atoms with E-state index in [4.69, 9.17) is 0 Å². The molecule has 23 heavy (non-hydrogen) atoms. The third-order valence-corrected chi connectivity index (χ3v) is 7.47. The SMILES string of the molecule is CN=C(NC[C@H]1CCCN1S(C)(=O)=O)N1CCSC(C(C)C)C1. The van der Waals surface area contributed by atoms with Crippen LogP contribution in [-0.4, -0.2) is 80.1 Å². The summed E-state index contributed by atoms with van der Waals surface area (Å²) >= 11 is 2.04. The van der Waals surface area contributed by atoms with Gasteiger partial charge in [0.1, 0.15) is 0 Å². The van der Waals surface area contributed by atoms with Crippen LogP contribution in [0.3, 0.4) is 0 Å². The lowest BCUT2D eigenvalue weighted by atomic mass is 10.1. The van der Waals surface area contributed by atoms with E-state index in [1.807, 2.05) is 11.8 Å². The maximum Gasteiger partial charge on any atom is 0.211 e. The Morgan fingerprint density at radius 1 is 1.39 bits per heavy atom. The molecule has 2 aliphatic rings. The maximum atomic E-state index is 11.8. The summed E-state index contributed by atoms with van der Waals surface area (Å²) in [6.07, 6.45) is 3.16. The highest BCUT2D eigenvalue weighted by Crippen LogP contribution is 2.25. The van der Waals surface area contributed by atoms with E-state index in [0.717, 1.165) is 37.6 Å². The fourth-order valence-corrected chi connectivity index (χ4v) is 5.74. The molecule has 2 atom stereocenters. The van der Waals surface area contributed by atoms with Gasteiger partial charge in [-0.15, -0.1) is 0 Å². The van der Waals surface area contributed by atoms with E-state index in [-0.39, 0.29) is 6.04 Å². The number of aliphatic imine (C=N–C) groups is 1. The van der Waals surface area contributed by atoms with Crippen molar-refractivity contribution in [2.24, 2.45) is 10.9 Å². The minimum Gasteiger partial charge on any atom is -0.355 e. The van der Waals surface area contributed by atoms with Crippen LogP contribution in [0.5, 0.6) is 0 Å². The smallest absolute Gasteiger partial charge is 0.211 e. The predicted molar refractivity (Wildman–Crippen MR) is 98.6 cm³/mol. The van der Waals surface area contributed by atoms with E-state index in [1.54, 1.807) is 11.4 Å². The highest BCUT2D eigenvalue weighted by molar-refractivity contribution is 8.00. The summed E-state index contributed by atoms with van der Waals surface area (Å²) in [6.45, 7) is 7.80. The van der Waals surface area contributed by atoms with Gasteiger partial charge in [0.05, 0.1) is 6.26 Å². The van der Waals surface area contributed by atoms with Crippen molar-refractivity contribution in [1.29, 1.82) is 0 Å². The van der Waals surface area contributed by atoms with Crippen LogP contribution in [0.25, 0.3) is 0 Å². The Hall–Kier alpha value is -0.470. The monoisotopic (exact) mass is 362 g/mol. The van der Waals surface area contributed by atoms with E-state index in [9.17, 15) is 8.42 Å². The normalized spacial score (nSPS) is 27.7. The Morgan fingerprint density at radius 3 is 2.74 bits per heavy atom. The van der Waals surface area contributed by atoms with Gasteiger partial charge >= 0.3 is 0 Å². The first-order valence-electron chi connectivity index (χ1n) is 8.37. The van der Waals surface area contributed by atoms with Gasteiger partial charge in [-0.05, 0) is 18.8 Å². The minimum atomic E-state index is -3.11. The second-order valence-corrected chi connectivity index (χ2v) is 9.98. The van der Waals surface area contributed by atoms with E-state index in [1.165, 1.54) is 6.26 Å². The molecule has 0 aromatic carbocycles. The number of thioether (sulfide) groups is 1. The number of nitrogens with zero attached hydrogens (tertiary/aromatic N) is 3. The van der Waals surface area contributed by atoms with Crippen molar-refractivity contribution in [3.8, 4) is 0 Å². The molecule has 8 heteroatoms. The average molecular weight is 363 g/mol. The molecular formula is C15H30N4O2S2. The number of hydrogen-bond acceptors (Lipinski definition) is 4. The van der Waals surface area contributed by atoms with Crippen molar-refractivity contribution in [3.05, 3.63) is 0 Å². The van der Waals surface area contributed by atoms with Gasteiger partial charge in [-0.2, -0.15) is 16.1 Å². The van der Waals surface area contributed by atoms with Crippen LogP contribution in [0.4, 0.5) is 0 Å². The molecule has 2 heterocycles. The Bertz CT molecular complexity index is 522. The maximum absolute atomic E-state index is 11.8.